The molecule has 0 amide bonds. The van der Waals surface area contributed by atoms with E-state index in [2.05, 4.69) is 52.7 Å². The second-order valence-corrected chi connectivity index (χ2v) is 7.07. The quantitative estimate of drug-likeness (QED) is 0.695. The Bertz CT molecular complexity index is 978. The first-order chi connectivity index (χ1) is 13.2. The summed E-state index contributed by atoms with van der Waals surface area (Å²) < 4.78 is 1.87. The van der Waals surface area contributed by atoms with Crippen LogP contribution in [0.1, 0.15) is 35.0 Å². The van der Waals surface area contributed by atoms with Gasteiger partial charge in [0.15, 0.2) is 5.82 Å². The zero-order chi connectivity index (χ0) is 18.8. The molecule has 0 saturated carbocycles. The number of benzene rings is 2. The van der Waals surface area contributed by atoms with Crippen LogP contribution in [0.25, 0.3) is 5.70 Å². The summed E-state index contributed by atoms with van der Waals surface area (Å²) in [7, 11) is 0. The summed E-state index contributed by atoms with van der Waals surface area (Å²) in [5.74, 6) is 1.40. The lowest BCUT2D eigenvalue weighted by molar-refractivity contribution is 0.287. The van der Waals surface area contributed by atoms with Crippen molar-refractivity contribution in [1.29, 1.82) is 0 Å². The maximum absolute atomic E-state index is 9.10. The molecule has 6 heteroatoms. The van der Waals surface area contributed by atoms with Gasteiger partial charge in [0.25, 0.3) is 0 Å². The Labute approximate surface area is 163 Å². The van der Waals surface area contributed by atoms with E-state index in [4.69, 9.17) is 16.7 Å². The number of fused-ring (bicyclic) bond motifs is 1. The lowest BCUT2D eigenvalue weighted by Gasteiger charge is -2.25. The van der Waals surface area contributed by atoms with Gasteiger partial charge in [0.05, 0.1) is 0 Å². The monoisotopic (exact) mass is 380 g/mol. The second kappa shape index (κ2) is 7.55. The number of hydrogen-bond donors (Lipinski definition) is 2. The predicted octanol–water partition coefficient (Wildman–Crippen LogP) is 4.22. The second-order valence-electron chi connectivity index (χ2n) is 6.66. The molecule has 1 atom stereocenters. The normalized spacial score (nSPS) is 15.8. The van der Waals surface area contributed by atoms with Gasteiger partial charge in [-0.3, -0.25) is 0 Å². The molecule has 2 aromatic carbocycles. The van der Waals surface area contributed by atoms with E-state index in [9.17, 15) is 0 Å². The number of rotatable bonds is 5. The fourth-order valence-corrected chi connectivity index (χ4v) is 3.47. The van der Waals surface area contributed by atoms with Gasteiger partial charge in [0.1, 0.15) is 6.04 Å². The molecule has 27 heavy (non-hydrogen) atoms. The SMILES string of the molecule is Cc1ccc(C2=C[C@H](c3ccccc3Cl)n3nc(CCCO)nc3N2)cc1. The van der Waals surface area contributed by atoms with Gasteiger partial charge in [0.2, 0.25) is 5.95 Å². The van der Waals surface area contributed by atoms with Gasteiger partial charge in [-0.1, -0.05) is 59.6 Å². The van der Waals surface area contributed by atoms with Gasteiger partial charge in [-0.2, -0.15) is 10.1 Å². The molecule has 1 aromatic heterocycles. The molecule has 2 heterocycles. The summed E-state index contributed by atoms with van der Waals surface area (Å²) >= 11 is 6.48. The summed E-state index contributed by atoms with van der Waals surface area (Å²) in [6.45, 7) is 2.20. The van der Waals surface area contributed by atoms with Gasteiger partial charge in [-0.25, -0.2) is 4.68 Å². The van der Waals surface area contributed by atoms with Crippen molar-refractivity contribution in [3.63, 3.8) is 0 Å². The number of nitrogens with zero attached hydrogens (tertiary/aromatic N) is 3. The van der Waals surface area contributed by atoms with E-state index >= 15 is 0 Å². The molecule has 0 fully saturated rings. The summed E-state index contributed by atoms with van der Waals surface area (Å²) in [5.41, 5.74) is 4.26. The van der Waals surface area contributed by atoms with Crippen LogP contribution < -0.4 is 5.32 Å². The van der Waals surface area contributed by atoms with Gasteiger partial charge < -0.3 is 10.4 Å². The fraction of sp³-hybridized carbons (Fsp3) is 0.238. The molecule has 0 radical (unpaired) electrons. The van der Waals surface area contributed by atoms with E-state index in [1.165, 1.54) is 5.56 Å². The average molecular weight is 381 g/mol. The molecular weight excluding hydrogens is 360 g/mol. The maximum atomic E-state index is 9.10. The number of aliphatic hydroxyl groups excluding tert-OH is 1. The van der Waals surface area contributed by atoms with E-state index in [0.29, 0.717) is 29.6 Å². The highest BCUT2D eigenvalue weighted by Gasteiger charge is 2.26. The number of allylic oxidation sites excluding steroid dienone is 1. The minimum absolute atomic E-state index is 0.123. The number of anilines is 1. The van der Waals surface area contributed by atoms with Crippen molar-refractivity contribution < 1.29 is 5.11 Å². The first kappa shape index (κ1) is 17.8. The highest BCUT2D eigenvalue weighted by Crippen LogP contribution is 2.35. The van der Waals surface area contributed by atoms with Crippen LogP contribution >= 0.6 is 11.6 Å². The maximum Gasteiger partial charge on any atom is 0.226 e. The lowest BCUT2D eigenvalue weighted by Crippen LogP contribution is -2.20. The molecule has 0 aliphatic carbocycles. The topological polar surface area (TPSA) is 63.0 Å². The molecule has 0 unspecified atom stereocenters. The van der Waals surface area contributed by atoms with E-state index in [-0.39, 0.29) is 12.6 Å². The van der Waals surface area contributed by atoms with Crippen molar-refractivity contribution in [3.05, 3.63) is 82.1 Å². The van der Waals surface area contributed by atoms with Crippen LogP contribution in [-0.2, 0) is 6.42 Å². The molecule has 5 nitrogen and oxygen atoms in total. The third-order valence-electron chi connectivity index (χ3n) is 4.65. The van der Waals surface area contributed by atoms with Crippen molar-refractivity contribution in [1.82, 2.24) is 14.8 Å². The molecule has 1 aliphatic heterocycles. The summed E-state index contributed by atoms with van der Waals surface area (Å²) in [6.07, 6.45) is 3.40. The van der Waals surface area contributed by atoms with Crippen LogP contribution in [0.15, 0.2) is 54.6 Å². The molecular formula is C21H21ClN4O. The molecule has 1 aliphatic rings. The number of nitrogens with one attached hydrogen (secondary N) is 1. The summed E-state index contributed by atoms with van der Waals surface area (Å²) in [6, 6.07) is 16.0. The minimum Gasteiger partial charge on any atom is -0.396 e. The zero-order valence-corrected chi connectivity index (χ0v) is 15.8. The highest BCUT2D eigenvalue weighted by atomic mass is 35.5. The largest absolute Gasteiger partial charge is 0.396 e. The molecule has 138 valence electrons. The number of halogens is 1. The van der Waals surface area contributed by atoms with Gasteiger partial charge in [-0.05, 0) is 36.6 Å². The fourth-order valence-electron chi connectivity index (χ4n) is 3.22. The van der Waals surface area contributed by atoms with Crippen LogP contribution in [-0.4, -0.2) is 26.5 Å². The standard InChI is InChI=1S/C21H21ClN4O/c1-14-8-10-15(11-9-14)18-13-19(16-5-2-3-6-17(16)22)26-21(23-18)24-20(25-26)7-4-12-27/h2-3,5-6,8-11,13,19,27H,4,7,12H2,1H3,(H,23,24,25)/t19-/m1/s1. The van der Waals surface area contributed by atoms with Crippen molar-refractivity contribution in [2.75, 3.05) is 11.9 Å². The minimum atomic E-state index is -0.151. The molecule has 0 saturated heterocycles. The van der Waals surface area contributed by atoms with E-state index in [1.807, 2.05) is 28.9 Å². The molecule has 4 rings (SSSR count). The third kappa shape index (κ3) is 3.61. The van der Waals surface area contributed by atoms with Gasteiger partial charge in [0, 0.05) is 23.7 Å². The van der Waals surface area contributed by atoms with E-state index in [0.717, 1.165) is 16.8 Å². The zero-order valence-electron chi connectivity index (χ0n) is 15.1. The van der Waals surface area contributed by atoms with Crippen molar-refractivity contribution in [2.24, 2.45) is 0 Å². The molecule has 2 N–H and O–H groups in total. The molecule has 3 aromatic rings. The number of aromatic nitrogens is 3. The van der Waals surface area contributed by atoms with Crippen LogP contribution in [0.4, 0.5) is 5.95 Å². The first-order valence-electron chi connectivity index (χ1n) is 9.02. The Morgan fingerprint density at radius 2 is 1.93 bits per heavy atom. The summed E-state index contributed by atoms with van der Waals surface area (Å²) in [5, 5.41) is 17.9. The van der Waals surface area contributed by atoms with Crippen LogP contribution in [0, 0.1) is 6.92 Å². The highest BCUT2D eigenvalue weighted by molar-refractivity contribution is 6.31. The molecule has 0 spiro atoms. The van der Waals surface area contributed by atoms with Crippen molar-refractivity contribution in [2.45, 2.75) is 25.8 Å². The van der Waals surface area contributed by atoms with Crippen molar-refractivity contribution in [3.8, 4) is 0 Å². The Balaban J connectivity index is 1.79. The smallest absolute Gasteiger partial charge is 0.226 e. The summed E-state index contributed by atoms with van der Waals surface area (Å²) in [4.78, 5) is 4.63. The number of hydrogen-bond acceptors (Lipinski definition) is 4. The number of aryl methyl sites for hydroxylation is 2. The Kier molecular flexibility index (Phi) is 4.97. The van der Waals surface area contributed by atoms with Crippen molar-refractivity contribution >= 4 is 23.2 Å². The first-order valence-corrected chi connectivity index (χ1v) is 9.40. The predicted molar refractivity (Wildman–Crippen MR) is 108 cm³/mol. The number of aliphatic hydroxyl groups is 1. The van der Waals surface area contributed by atoms with Crippen LogP contribution in [0.5, 0.6) is 0 Å². The van der Waals surface area contributed by atoms with E-state index in [1.54, 1.807) is 0 Å². The third-order valence-corrected chi connectivity index (χ3v) is 5.00. The van der Waals surface area contributed by atoms with Gasteiger partial charge >= 0.3 is 0 Å². The Hall–Kier alpha value is -2.63. The van der Waals surface area contributed by atoms with Crippen LogP contribution in [0.3, 0.4) is 0 Å². The average Bonchev–Trinajstić information content (AvgIpc) is 3.09. The Morgan fingerprint density at radius 1 is 1.15 bits per heavy atom. The molecule has 0 bridgehead atoms. The Morgan fingerprint density at radius 3 is 2.67 bits per heavy atom. The van der Waals surface area contributed by atoms with E-state index < -0.39 is 0 Å². The lowest BCUT2D eigenvalue weighted by atomic mass is 10.0. The van der Waals surface area contributed by atoms with Crippen LogP contribution in [0.2, 0.25) is 5.02 Å². The van der Waals surface area contributed by atoms with Gasteiger partial charge in [-0.15, -0.1) is 0 Å².